The third-order valence-corrected chi connectivity index (χ3v) is 5.00. The molecule has 23 heavy (non-hydrogen) atoms. The number of aliphatic carboxylic acids is 1. The molecule has 1 saturated heterocycles. The van der Waals surface area contributed by atoms with E-state index in [1.165, 1.54) is 0 Å². The number of carbonyl (C=O) groups is 2. The lowest BCUT2D eigenvalue weighted by molar-refractivity contribution is -0.147. The number of likely N-dealkylation sites (tertiary alicyclic amines) is 1. The Hall–Kier alpha value is -1.30. The van der Waals surface area contributed by atoms with Gasteiger partial charge in [-0.1, -0.05) is 29.3 Å². The average molecular weight is 359 g/mol. The number of benzene rings is 1. The predicted octanol–water partition coefficient (Wildman–Crippen LogP) is 2.97. The first-order valence-electron chi connectivity index (χ1n) is 7.41. The summed E-state index contributed by atoms with van der Waals surface area (Å²) >= 11 is 11.9. The second kappa shape index (κ2) is 7.07. The van der Waals surface area contributed by atoms with Crippen LogP contribution in [0.25, 0.3) is 0 Å². The number of carboxylic acid groups (broad SMARTS) is 1. The molecule has 0 aromatic heterocycles. The van der Waals surface area contributed by atoms with Crippen LogP contribution in [-0.2, 0) is 9.59 Å². The molecular formula is C16H20Cl2N2O3. The van der Waals surface area contributed by atoms with E-state index in [4.69, 9.17) is 23.2 Å². The largest absolute Gasteiger partial charge is 0.481 e. The molecule has 2 atom stereocenters. The van der Waals surface area contributed by atoms with Crippen LogP contribution < -0.4 is 5.32 Å². The van der Waals surface area contributed by atoms with Crippen LogP contribution in [0.5, 0.6) is 0 Å². The highest BCUT2D eigenvalue weighted by Crippen LogP contribution is 2.30. The minimum Gasteiger partial charge on any atom is -0.481 e. The molecule has 1 aromatic rings. The number of hydrogen-bond acceptors (Lipinski definition) is 3. The van der Waals surface area contributed by atoms with E-state index in [-0.39, 0.29) is 18.5 Å². The minimum absolute atomic E-state index is 0.141. The average Bonchev–Trinajstić information content (AvgIpc) is 2.84. The van der Waals surface area contributed by atoms with E-state index in [9.17, 15) is 14.7 Å². The summed E-state index contributed by atoms with van der Waals surface area (Å²) in [6.07, 6.45) is 0.554. The van der Waals surface area contributed by atoms with Gasteiger partial charge in [-0.3, -0.25) is 14.5 Å². The van der Waals surface area contributed by atoms with Crippen molar-refractivity contribution in [2.75, 3.05) is 19.6 Å². The molecule has 2 N–H and O–H groups in total. The molecule has 0 radical (unpaired) electrons. The van der Waals surface area contributed by atoms with Gasteiger partial charge in [0.15, 0.2) is 0 Å². The van der Waals surface area contributed by atoms with Crippen LogP contribution in [0.1, 0.15) is 31.9 Å². The highest BCUT2D eigenvalue weighted by molar-refractivity contribution is 6.42. The maximum absolute atomic E-state index is 12.2. The molecule has 1 aromatic carbocycles. The molecule has 1 fully saturated rings. The van der Waals surface area contributed by atoms with Gasteiger partial charge in [-0.15, -0.1) is 0 Å². The van der Waals surface area contributed by atoms with E-state index in [0.717, 1.165) is 5.56 Å². The van der Waals surface area contributed by atoms with Crippen molar-refractivity contribution >= 4 is 35.1 Å². The van der Waals surface area contributed by atoms with Crippen molar-refractivity contribution in [2.24, 2.45) is 5.41 Å². The van der Waals surface area contributed by atoms with Gasteiger partial charge >= 0.3 is 5.97 Å². The summed E-state index contributed by atoms with van der Waals surface area (Å²) in [6, 6.07) is 5.04. The standard InChI is InChI=1S/C16H20Cl2N2O3/c1-10(11-3-4-12(17)13(18)7-11)19-14(21)8-20-6-5-16(2,9-20)15(22)23/h3-4,7,10H,5-6,8-9H2,1-2H3,(H,19,21)(H,22,23). The zero-order valence-electron chi connectivity index (χ0n) is 13.1. The third-order valence-electron chi connectivity index (χ3n) is 4.26. The molecule has 1 heterocycles. The molecule has 0 aliphatic carbocycles. The topological polar surface area (TPSA) is 69.6 Å². The first kappa shape index (κ1) is 18.0. The Bertz CT molecular complexity index is 623. The van der Waals surface area contributed by atoms with Gasteiger partial charge in [0.25, 0.3) is 0 Å². The molecule has 0 spiro atoms. The van der Waals surface area contributed by atoms with Crippen molar-refractivity contribution < 1.29 is 14.7 Å². The van der Waals surface area contributed by atoms with Crippen molar-refractivity contribution in [2.45, 2.75) is 26.3 Å². The second-order valence-electron chi connectivity index (χ2n) is 6.29. The van der Waals surface area contributed by atoms with Gasteiger partial charge in [-0.2, -0.15) is 0 Å². The van der Waals surface area contributed by atoms with Crippen LogP contribution >= 0.6 is 23.2 Å². The summed E-state index contributed by atoms with van der Waals surface area (Å²) in [5.41, 5.74) is 0.0971. The SMILES string of the molecule is CC(NC(=O)CN1CCC(C)(C(=O)O)C1)c1ccc(Cl)c(Cl)c1. The van der Waals surface area contributed by atoms with Crippen LogP contribution in [0.15, 0.2) is 18.2 Å². The number of amides is 1. The Morgan fingerprint density at radius 2 is 2.09 bits per heavy atom. The first-order valence-corrected chi connectivity index (χ1v) is 8.17. The zero-order chi connectivity index (χ0) is 17.2. The van der Waals surface area contributed by atoms with Crippen molar-refractivity contribution in [3.05, 3.63) is 33.8 Å². The van der Waals surface area contributed by atoms with Crippen LogP contribution in [0.4, 0.5) is 0 Å². The number of nitrogens with one attached hydrogen (secondary N) is 1. The number of nitrogens with zero attached hydrogens (tertiary/aromatic N) is 1. The van der Waals surface area contributed by atoms with E-state index in [1.807, 2.05) is 17.9 Å². The lowest BCUT2D eigenvalue weighted by Crippen LogP contribution is -2.39. The normalized spacial score (nSPS) is 22.8. The highest BCUT2D eigenvalue weighted by atomic mass is 35.5. The molecule has 0 bridgehead atoms. The van der Waals surface area contributed by atoms with Gasteiger partial charge < -0.3 is 10.4 Å². The molecule has 2 unspecified atom stereocenters. The molecule has 7 heteroatoms. The number of halogens is 2. The Morgan fingerprint density at radius 1 is 1.39 bits per heavy atom. The predicted molar refractivity (Wildman–Crippen MR) is 89.8 cm³/mol. The minimum atomic E-state index is -0.815. The van der Waals surface area contributed by atoms with Crippen molar-refractivity contribution in [1.29, 1.82) is 0 Å². The molecule has 2 rings (SSSR count). The lowest BCUT2D eigenvalue weighted by atomic mass is 9.90. The summed E-state index contributed by atoms with van der Waals surface area (Å²) in [7, 11) is 0. The summed E-state index contributed by atoms with van der Waals surface area (Å²) in [5, 5.41) is 13.0. The zero-order valence-corrected chi connectivity index (χ0v) is 14.6. The summed E-state index contributed by atoms with van der Waals surface area (Å²) in [4.78, 5) is 25.2. The van der Waals surface area contributed by atoms with E-state index in [2.05, 4.69) is 5.32 Å². The van der Waals surface area contributed by atoms with Crippen LogP contribution in [0.3, 0.4) is 0 Å². The van der Waals surface area contributed by atoms with Gasteiger partial charge in [0.1, 0.15) is 0 Å². The molecule has 5 nitrogen and oxygen atoms in total. The van der Waals surface area contributed by atoms with Crippen LogP contribution in [0.2, 0.25) is 10.0 Å². The van der Waals surface area contributed by atoms with E-state index in [0.29, 0.717) is 29.6 Å². The Morgan fingerprint density at radius 3 is 2.65 bits per heavy atom. The van der Waals surface area contributed by atoms with Crippen molar-refractivity contribution in [3.8, 4) is 0 Å². The smallest absolute Gasteiger partial charge is 0.310 e. The van der Waals surface area contributed by atoms with E-state index >= 15 is 0 Å². The van der Waals surface area contributed by atoms with Crippen molar-refractivity contribution in [3.63, 3.8) is 0 Å². The fourth-order valence-corrected chi connectivity index (χ4v) is 3.03. The Labute approximate surface area is 145 Å². The monoisotopic (exact) mass is 358 g/mol. The number of carbonyl (C=O) groups excluding carboxylic acids is 1. The molecule has 0 saturated carbocycles. The molecular weight excluding hydrogens is 339 g/mol. The molecule has 1 aliphatic rings. The third kappa shape index (κ3) is 4.37. The fraction of sp³-hybridized carbons (Fsp3) is 0.500. The number of carboxylic acids is 1. The van der Waals surface area contributed by atoms with E-state index in [1.54, 1.807) is 19.1 Å². The summed E-state index contributed by atoms with van der Waals surface area (Å²) in [5.74, 6) is -0.956. The molecule has 1 amide bonds. The Balaban J connectivity index is 1.90. The Kier molecular flexibility index (Phi) is 5.55. The van der Waals surface area contributed by atoms with E-state index < -0.39 is 11.4 Å². The van der Waals surface area contributed by atoms with Gasteiger partial charge in [-0.25, -0.2) is 0 Å². The van der Waals surface area contributed by atoms with Gasteiger partial charge in [0.2, 0.25) is 5.91 Å². The lowest BCUT2D eigenvalue weighted by Gasteiger charge is -2.21. The van der Waals surface area contributed by atoms with Crippen LogP contribution in [0, 0.1) is 5.41 Å². The van der Waals surface area contributed by atoms with Crippen molar-refractivity contribution in [1.82, 2.24) is 10.2 Å². The summed E-state index contributed by atoms with van der Waals surface area (Å²) < 4.78 is 0. The molecule has 1 aliphatic heterocycles. The first-order chi connectivity index (χ1) is 10.7. The quantitative estimate of drug-likeness (QED) is 0.848. The fourth-order valence-electron chi connectivity index (χ4n) is 2.72. The molecule has 126 valence electrons. The second-order valence-corrected chi connectivity index (χ2v) is 7.10. The maximum atomic E-state index is 12.2. The number of rotatable bonds is 5. The van der Waals surface area contributed by atoms with Crippen LogP contribution in [-0.4, -0.2) is 41.5 Å². The number of hydrogen-bond donors (Lipinski definition) is 2. The maximum Gasteiger partial charge on any atom is 0.310 e. The van der Waals surface area contributed by atoms with Gasteiger partial charge in [0, 0.05) is 6.54 Å². The highest BCUT2D eigenvalue weighted by Gasteiger charge is 2.40. The van der Waals surface area contributed by atoms with Gasteiger partial charge in [0.05, 0.1) is 28.0 Å². The van der Waals surface area contributed by atoms with Gasteiger partial charge in [-0.05, 0) is 44.5 Å². The summed E-state index contributed by atoms with van der Waals surface area (Å²) in [6.45, 7) is 4.76.